The molecule has 0 saturated carbocycles. The first-order chi connectivity index (χ1) is 12.7. The summed E-state index contributed by atoms with van der Waals surface area (Å²) >= 11 is 6.20. The highest BCUT2D eigenvalue weighted by Crippen LogP contribution is 2.36. The number of halogens is 4. The van der Waals surface area contributed by atoms with Gasteiger partial charge in [0.1, 0.15) is 0 Å². The number of nitrogens with zero attached hydrogens (tertiary/aromatic N) is 2. The molecule has 0 spiro atoms. The Labute approximate surface area is 157 Å². The van der Waals surface area contributed by atoms with Crippen LogP contribution in [0.3, 0.4) is 0 Å². The lowest BCUT2D eigenvalue weighted by atomic mass is 10.1. The zero-order chi connectivity index (χ0) is 19.8. The van der Waals surface area contributed by atoms with Crippen LogP contribution in [0.5, 0.6) is 11.5 Å². The van der Waals surface area contributed by atoms with Crippen LogP contribution in [0.2, 0.25) is 5.02 Å². The van der Waals surface area contributed by atoms with Gasteiger partial charge in [0.15, 0.2) is 11.5 Å². The Hall–Kier alpha value is -2.26. The zero-order valence-electron chi connectivity index (χ0n) is 14.6. The van der Waals surface area contributed by atoms with Gasteiger partial charge in [0, 0.05) is 25.2 Å². The van der Waals surface area contributed by atoms with Crippen molar-refractivity contribution in [1.82, 2.24) is 14.9 Å². The zero-order valence-corrected chi connectivity index (χ0v) is 15.4. The summed E-state index contributed by atoms with van der Waals surface area (Å²) < 4.78 is 49.1. The molecule has 0 bridgehead atoms. The van der Waals surface area contributed by atoms with Crippen molar-refractivity contribution in [2.75, 3.05) is 20.8 Å². The molecular weight excluding hydrogens is 387 g/mol. The van der Waals surface area contributed by atoms with E-state index in [1.165, 1.54) is 14.2 Å². The number of benzene rings is 1. The van der Waals surface area contributed by atoms with Crippen molar-refractivity contribution >= 4 is 11.6 Å². The molecule has 1 aliphatic heterocycles. The van der Waals surface area contributed by atoms with Crippen molar-refractivity contribution in [1.29, 1.82) is 0 Å². The number of alkyl halides is 3. The van der Waals surface area contributed by atoms with E-state index in [1.807, 2.05) is 9.88 Å². The number of nitrogens with one attached hydrogen (secondary N) is 1. The number of hydrogen-bond acceptors (Lipinski definition) is 5. The molecule has 1 aliphatic rings. The molecule has 0 atom stereocenters. The highest BCUT2D eigenvalue weighted by molar-refractivity contribution is 6.32. The largest absolute Gasteiger partial charge is 0.493 e. The predicted octanol–water partition coefficient (Wildman–Crippen LogP) is 3.02. The third-order valence-corrected chi connectivity index (χ3v) is 4.60. The SMILES string of the molecule is COc1cc(CN2CCc3c(nc(C(F)(F)F)[nH]c3=O)C2)cc(Cl)c1OC. The fraction of sp³-hybridized carbons (Fsp3) is 0.412. The van der Waals surface area contributed by atoms with Crippen LogP contribution in [0.4, 0.5) is 13.2 Å². The van der Waals surface area contributed by atoms with E-state index in [-0.39, 0.29) is 12.2 Å². The van der Waals surface area contributed by atoms with E-state index in [4.69, 9.17) is 21.1 Å². The maximum absolute atomic E-state index is 12.9. The normalized spacial score (nSPS) is 14.7. The van der Waals surface area contributed by atoms with E-state index in [2.05, 4.69) is 4.98 Å². The van der Waals surface area contributed by atoms with Gasteiger partial charge in [-0.25, -0.2) is 4.98 Å². The van der Waals surface area contributed by atoms with Crippen molar-refractivity contribution in [3.63, 3.8) is 0 Å². The van der Waals surface area contributed by atoms with Crippen molar-refractivity contribution in [2.24, 2.45) is 0 Å². The molecule has 2 aromatic rings. The molecule has 3 rings (SSSR count). The number of methoxy groups -OCH3 is 2. The summed E-state index contributed by atoms with van der Waals surface area (Å²) in [6, 6.07) is 3.47. The highest BCUT2D eigenvalue weighted by Gasteiger charge is 2.36. The van der Waals surface area contributed by atoms with Gasteiger partial charge in [0.05, 0.1) is 24.9 Å². The van der Waals surface area contributed by atoms with Crippen LogP contribution in [-0.2, 0) is 25.7 Å². The first-order valence-corrected chi connectivity index (χ1v) is 8.42. The summed E-state index contributed by atoms with van der Waals surface area (Å²) in [7, 11) is 2.97. The van der Waals surface area contributed by atoms with Gasteiger partial charge in [-0.15, -0.1) is 0 Å². The number of H-pyrrole nitrogens is 1. The van der Waals surface area contributed by atoms with Crippen molar-refractivity contribution in [2.45, 2.75) is 25.7 Å². The molecule has 10 heteroatoms. The number of hydrogen-bond donors (Lipinski definition) is 1. The minimum absolute atomic E-state index is 0.133. The third kappa shape index (κ3) is 4.03. The summed E-state index contributed by atoms with van der Waals surface area (Å²) in [4.78, 5) is 19.3. The van der Waals surface area contributed by atoms with E-state index >= 15 is 0 Å². The van der Waals surface area contributed by atoms with E-state index in [1.54, 1.807) is 12.1 Å². The van der Waals surface area contributed by atoms with Crippen LogP contribution in [0.1, 0.15) is 22.6 Å². The van der Waals surface area contributed by atoms with Gasteiger partial charge in [-0.2, -0.15) is 13.2 Å². The average molecular weight is 404 g/mol. The standard InChI is InChI=1S/C17H17ClF3N3O3/c1-26-13-6-9(5-11(18)14(13)27-2)7-24-4-3-10-12(8-24)22-16(17(19,20)21)23-15(10)25/h5-6H,3-4,7-8H2,1-2H3,(H,22,23,25). The maximum Gasteiger partial charge on any atom is 0.449 e. The number of aromatic amines is 1. The first-order valence-electron chi connectivity index (χ1n) is 8.05. The Balaban J connectivity index is 1.86. The van der Waals surface area contributed by atoms with Crippen LogP contribution < -0.4 is 15.0 Å². The molecule has 1 N–H and O–H groups in total. The lowest BCUT2D eigenvalue weighted by Crippen LogP contribution is -2.36. The molecule has 1 aromatic carbocycles. The minimum atomic E-state index is -4.70. The van der Waals surface area contributed by atoms with Crippen LogP contribution in [0, 0.1) is 0 Å². The molecule has 0 aliphatic carbocycles. The second-order valence-electron chi connectivity index (χ2n) is 6.11. The molecule has 27 heavy (non-hydrogen) atoms. The monoisotopic (exact) mass is 403 g/mol. The molecule has 0 amide bonds. The number of aromatic nitrogens is 2. The Morgan fingerprint density at radius 1 is 1.30 bits per heavy atom. The van der Waals surface area contributed by atoms with Crippen LogP contribution in [0.15, 0.2) is 16.9 Å². The van der Waals surface area contributed by atoms with E-state index in [0.717, 1.165) is 5.56 Å². The molecule has 0 saturated heterocycles. The van der Waals surface area contributed by atoms with Crippen molar-refractivity contribution in [3.8, 4) is 11.5 Å². The second-order valence-corrected chi connectivity index (χ2v) is 6.52. The van der Waals surface area contributed by atoms with E-state index in [0.29, 0.717) is 41.6 Å². The molecule has 1 aromatic heterocycles. The van der Waals surface area contributed by atoms with Crippen LogP contribution in [-0.4, -0.2) is 35.6 Å². The smallest absolute Gasteiger partial charge is 0.449 e. The Bertz CT molecular complexity index is 915. The summed E-state index contributed by atoms with van der Waals surface area (Å²) in [5.41, 5.74) is 0.511. The number of fused-ring (bicyclic) bond motifs is 1. The molecule has 2 heterocycles. The topological polar surface area (TPSA) is 67.5 Å². The van der Waals surface area contributed by atoms with Gasteiger partial charge < -0.3 is 14.5 Å². The van der Waals surface area contributed by atoms with Gasteiger partial charge in [-0.05, 0) is 24.1 Å². The lowest BCUT2D eigenvalue weighted by molar-refractivity contribution is -0.145. The Kier molecular flexibility index (Phi) is 5.34. The molecule has 0 fully saturated rings. The highest BCUT2D eigenvalue weighted by atomic mass is 35.5. The minimum Gasteiger partial charge on any atom is -0.493 e. The third-order valence-electron chi connectivity index (χ3n) is 4.32. The lowest BCUT2D eigenvalue weighted by Gasteiger charge is -2.28. The van der Waals surface area contributed by atoms with Crippen LogP contribution in [0.25, 0.3) is 0 Å². The molecular formula is C17H17ClF3N3O3. The summed E-state index contributed by atoms with van der Waals surface area (Å²) in [6.45, 7) is 1.05. The number of ether oxygens (including phenoxy) is 2. The second kappa shape index (κ2) is 7.40. The number of rotatable bonds is 4. The van der Waals surface area contributed by atoms with Crippen molar-refractivity contribution in [3.05, 3.63) is 50.2 Å². The van der Waals surface area contributed by atoms with Gasteiger partial charge in [0.25, 0.3) is 5.56 Å². The van der Waals surface area contributed by atoms with Gasteiger partial charge >= 0.3 is 6.18 Å². The van der Waals surface area contributed by atoms with E-state index in [9.17, 15) is 18.0 Å². The Morgan fingerprint density at radius 3 is 2.67 bits per heavy atom. The summed E-state index contributed by atoms with van der Waals surface area (Å²) in [5.74, 6) is -0.400. The van der Waals surface area contributed by atoms with Crippen LogP contribution >= 0.6 is 11.6 Å². The first kappa shape index (κ1) is 19.5. The van der Waals surface area contributed by atoms with Crippen molar-refractivity contribution < 1.29 is 22.6 Å². The quantitative estimate of drug-likeness (QED) is 0.850. The maximum atomic E-state index is 12.9. The summed E-state index contributed by atoms with van der Waals surface area (Å²) in [5, 5.41) is 0.373. The predicted molar refractivity (Wildman–Crippen MR) is 92.2 cm³/mol. The van der Waals surface area contributed by atoms with Gasteiger partial charge in [0.2, 0.25) is 5.82 Å². The average Bonchev–Trinajstić information content (AvgIpc) is 2.60. The molecule has 146 valence electrons. The molecule has 0 radical (unpaired) electrons. The van der Waals surface area contributed by atoms with Gasteiger partial charge in [-0.3, -0.25) is 9.69 Å². The van der Waals surface area contributed by atoms with Gasteiger partial charge in [-0.1, -0.05) is 11.6 Å². The summed E-state index contributed by atoms with van der Waals surface area (Å²) in [6.07, 6.45) is -4.38. The van der Waals surface area contributed by atoms with E-state index < -0.39 is 17.6 Å². The Morgan fingerprint density at radius 2 is 2.04 bits per heavy atom. The molecule has 6 nitrogen and oxygen atoms in total. The fourth-order valence-electron chi connectivity index (χ4n) is 3.08. The molecule has 0 unspecified atom stereocenters. The fourth-order valence-corrected chi connectivity index (χ4v) is 3.39.